The summed E-state index contributed by atoms with van der Waals surface area (Å²) in [6.45, 7) is 3.98. The van der Waals surface area contributed by atoms with Crippen LogP contribution < -0.4 is 5.43 Å². The average Bonchev–Trinajstić information content (AvgIpc) is 2.13. The number of hydrogen-bond donors (Lipinski definition) is 2. The molecule has 1 rings (SSSR count). The van der Waals surface area contributed by atoms with E-state index >= 15 is 0 Å². The molecule has 0 saturated carbocycles. The van der Waals surface area contributed by atoms with Gasteiger partial charge in [-0.15, -0.1) is 0 Å². The molecule has 0 radical (unpaired) electrons. The Labute approximate surface area is 82.4 Å². The van der Waals surface area contributed by atoms with Gasteiger partial charge in [0.1, 0.15) is 0 Å². The zero-order chi connectivity index (χ0) is 10.7. The number of pyridine rings is 1. The summed E-state index contributed by atoms with van der Waals surface area (Å²) < 4.78 is 1.75. The van der Waals surface area contributed by atoms with E-state index in [0.717, 1.165) is 0 Å². The first-order valence-electron chi connectivity index (χ1n) is 4.59. The predicted molar refractivity (Wildman–Crippen MR) is 53.4 cm³/mol. The molecule has 0 bridgehead atoms. The van der Waals surface area contributed by atoms with E-state index in [9.17, 15) is 9.90 Å². The van der Waals surface area contributed by atoms with Crippen molar-refractivity contribution in [3.8, 4) is 5.75 Å². The van der Waals surface area contributed by atoms with E-state index in [1.807, 2.05) is 0 Å². The fourth-order valence-electron chi connectivity index (χ4n) is 1.23. The summed E-state index contributed by atoms with van der Waals surface area (Å²) in [5, 5.41) is 18.4. The summed E-state index contributed by atoms with van der Waals surface area (Å²) >= 11 is 0. The van der Waals surface area contributed by atoms with Gasteiger partial charge < -0.3 is 14.8 Å². The Kier molecular flexibility index (Phi) is 3.30. The van der Waals surface area contributed by atoms with Crippen LogP contribution in [-0.2, 0) is 6.54 Å². The van der Waals surface area contributed by atoms with Gasteiger partial charge in [-0.3, -0.25) is 4.79 Å². The highest BCUT2D eigenvalue weighted by Gasteiger charge is 2.05. The molecular weight excluding hydrogens is 182 g/mol. The van der Waals surface area contributed by atoms with Crippen molar-refractivity contribution in [3.05, 3.63) is 28.2 Å². The molecule has 1 atom stereocenters. The van der Waals surface area contributed by atoms with Crippen LogP contribution in [0.15, 0.2) is 17.1 Å². The molecule has 0 amide bonds. The molecule has 0 spiro atoms. The van der Waals surface area contributed by atoms with Crippen LogP contribution in [0, 0.1) is 6.92 Å². The summed E-state index contributed by atoms with van der Waals surface area (Å²) in [5.74, 6) is -0.210. The molecule has 0 aromatic carbocycles. The van der Waals surface area contributed by atoms with Crippen molar-refractivity contribution in [2.45, 2.75) is 32.9 Å². The number of rotatable bonds is 3. The lowest BCUT2D eigenvalue weighted by Gasteiger charge is -2.12. The number of aliphatic hydroxyl groups excluding tert-OH is 1. The zero-order valence-electron chi connectivity index (χ0n) is 8.40. The number of nitrogens with zero attached hydrogens (tertiary/aromatic N) is 1. The molecule has 1 aromatic heterocycles. The summed E-state index contributed by atoms with van der Waals surface area (Å²) in [6, 6.07) is 1.32. The average molecular weight is 197 g/mol. The molecule has 4 nitrogen and oxygen atoms in total. The molecule has 0 fully saturated rings. The summed E-state index contributed by atoms with van der Waals surface area (Å²) in [7, 11) is 0. The third-order valence-corrected chi connectivity index (χ3v) is 2.20. The van der Waals surface area contributed by atoms with Crippen LogP contribution in [0.2, 0.25) is 0 Å². The van der Waals surface area contributed by atoms with Crippen molar-refractivity contribution >= 4 is 0 Å². The van der Waals surface area contributed by atoms with Crippen molar-refractivity contribution in [3.63, 3.8) is 0 Å². The number of aryl methyl sites for hydroxylation is 1. The minimum atomic E-state index is -0.379. The third-order valence-electron chi connectivity index (χ3n) is 2.20. The van der Waals surface area contributed by atoms with Crippen LogP contribution in [0.1, 0.15) is 19.0 Å². The summed E-state index contributed by atoms with van der Waals surface area (Å²) in [6.07, 6.45) is 1.85. The minimum absolute atomic E-state index is 0.210. The van der Waals surface area contributed by atoms with E-state index in [2.05, 4.69) is 0 Å². The van der Waals surface area contributed by atoms with E-state index in [4.69, 9.17) is 5.11 Å². The Morgan fingerprint density at radius 1 is 1.57 bits per heavy atom. The maximum absolute atomic E-state index is 11.0. The molecular formula is C10H15NO3. The first-order chi connectivity index (χ1) is 6.52. The Hall–Kier alpha value is -1.29. The topological polar surface area (TPSA) is 62.5 Å². The SMILES string of the molecule is Cc1c(O)c(=O)ccn1CCC(C)O. The summed E-state index contributed by atoms with van der Waals surface area (Å²) in [4.78, 5) is 11.0. The van der Waals surface area contributed by atoms with Gasteiger partial charge in [-0.05, 0) is 20.3 Å². The lowest BCUT2D eigenvalue weighted by molar-refractivity contribution is 0.177. The van der Waals surface area contributed by atoms with Gasteiger partial charge in [0, 0.05) is 18.8 Å². The largest absolute Gasteiger partial charge is 0.503 e. The Morgan fingerprint density at radius 2 is 2.21 bits per heavy atom. The molecule has 0 aliphatic carbocycles. The molecule has 0 saturated heterocycles. The van der Waals surface area contributed by atoms with Crippen molar-refractivity contribution in [1.29, 1.82) is 0 Å². The van der Waals surface area contributed by atoms with Crippen LogP contribution in [0.3, 0.4) is 0 Å². The van der Waals surface area contributed by atoms with Crippen LogP contribution in [0.25, 0.3) is 0 Å². The Balaban J connectivity index is 2.89. The highest BCUT2D eigenvalue weighted by Crippen LogP contribution is 2.10. The third kappa shape index (κ3) is 2.35. The van der Waals surface area contributed by atoms with Crippen molar-refractivity contribution in [1.82, 2.24) is 4.57 Å². The standard InChI is InChI=1S/C10H15NO3/c1-7(12)3-5-11-6-4-9(13)10(14)8(11)2/h4,6-7,12,14H,3,5H2,1-2H3. The normalized spacial score (nSPS) is 12.8. The van der Waals surface area contributed by atoms with Crippen molar-refractivity contribution in [2.24, 2.45) is 0 Å². The molecule has 14 heavy (non-hydrogen) atoms. The lowest BCUT2D eigenvalue weighted by Crippen LogP contribution is -2.13. The lowest BCUT2D eigenvalue weighted by atomic mass is 10.2. The van der Waals surface area contributed by atoms with Gasteiger partial charge in [-0.25, -0.2) is 0 Å². The predicted octanol–water partition coefficient (Wildman–Crippen LogP) is 0.633. The van der Waals surface area contributed by atoms with E-state index in [0.29, 0.717) is 18.7 Å². The molecule has 2 N–H and O–H groups in total. The second kappa shape index (κ2) is 4.28. The molecule has 0 aliphatic rings. The number of hydrogen-bond acceptors (Lipinski definition) is 3. The fraction of sp³-hybridized carbons (Fsp3) is 0.500. The van der Waals surface area contributed by atoms with Crippen LogP contribution in [0.4, 0.5) is 0 Å². The monoisotopic (exact) mass is 197 g/mol. The second-order valence-electron chi connectivity index (χ2n) is 3.45. The van der Waals surface area contributed by atoms with Gasteiger partial charge in [-0.1, -0.05) is 0 Å². The molecule has 78 valence electrons. The minimum Gasteiger partial charge on any atom is -0.503 e. The van der Waals surface area contributed by atoms with E-state index in [-0.39, 0.29) is 17.3 Å². The molecule has 1 heterocycles. The van der Waals surface area contributed by atoms with Gasteiger partial charge in [0.05, 0.1) is 11.8 Å². The molecule has 0 aliphatic heterocycles. The van der Waals surface area contributed by atoms with Crippen LogP contribution >= 0.6 is 0 Å². The first-order valence-corrected chi connectivity index (χ1v) is 4.59. The van der Waals surface area contributed by atoms with Crippen LogP contribution in [-0.4, -0.2) is 20.9 Å². The maximum atomic E-state index is 11.0. The Bertz CT molecular complexity index is 368. The van der Waals surface area contributed by atoms with E-state index < -0.39 is 0 Å². The molecule has 1 aromatic rings. The van der Waals surface area contributed by atoms with Gasteiger partial charge in [0.15, 0.2) is 5.75 Å². The maximum Gasteiger partial charge on any atom is 0.223 e. The van der Waals surface area contributed by atoms with Gasteiger partial charge >= 0.3 is 0 Å². The molecule has 1 unspecified atom stereocenters. The van der Waals surface area contributed by atoms with Gasteiger partial charge in [0.2, 0.25) is 5.43 Å². The Morgan fingerprint density at radius 3 is 2.79 bits per heavy atom. The summed E-state index contributed by atoms with van der Waals surface area (Å²) in [5.41, 5.74) is 0.175. The number of aliphatic hydroxyl groups is 1. The fourth-order valence-corrected chi connectivity index (χ4v) is 1.23. The smallest absolute Gasteiger partial charge is 0.223 e. The van der Waals surface area contributed by atoms with E-state index in [1.165, 1.54) is 6.07 Å². The van der Waals surface area contributed by atoms with Gasteiger partial charge in [0.25, 0.3) is 0 Å². The zero-order valence-corrected chi connectivity index (χ0v) is 8.40. The van der Waals surface area contributed by atoms with Crippen LogP contribution in [0.5, 0.6) is 5.75 Å². The first kappa shape index (κ1) is 10.8. The van der Waals surface area contributed by atoms with Gasteiger partial charge in [-0.2, -0.15) is 0 Å². The quantitative estimate of drug-likeness (QED) is 0.747. The van der Waals surface area contributed by atoms with E-state index in [1.54, 1.807) is 24.6 Å². The second-order valence-corrected chi connectivity index (χ2v) is 3.45. The van der Waals surface area contributed by atoms with Crippen molar-refractivity contribution < 1.29 is 10.2 Å². The van der Waals surface area contributed by atoms with Crippen molar-refractivity contribution in [2.75, 3.05) is 0 Å². The molecule has 4 heteroatoms. The number of aromatic nitrogens is 1. The highest BCUT2D eigenvalue weighted by atomic mass is 16.3. The number of aromatic hydroxyl groups is 1. The highest BCUT2D eigenvalue weighted by molar-refractivity contribution is 5.25.